The lowest BCUT2D eigenvalue weighted by Crippen LogP contribution is -2.39. The average Bonchev–Trinajstić information content (AvgIpc) is 3.24. The quantitative estimate of drug-likeness (QED) is 0.659. The number of allylic oxidation sites excluding steroid dienone is 1. The molecule has 4 rings (SSSR count). The van der Waals surface area contributed by atoms with Crippen molar-refractivity contribution in [2.45, 2.75) is 45.6 Å². The third kappa shape index (κ3) is 5.03. The van der Waals surface area contributed by atoms with Gasteiger partial charge in [-0.2, -0.15) is 5.26 Å². The van der Waals surface area contributed by atoms with Gasteiger partial charge in [-0.1, -0.05) is 13.3 Å². The summed E-state index contributed by atoms with van der Waals surface area (Å²) in [6.45, 7) is 3.57. The van der Waals surface area contributed by atoms with Gasteiger partial charge in [0.05, 0.1) is 49.4 Å². The highest BCUT2D eigenvalue weighted by molar-refractivity contribution is 5.79. The number of rotatable bonds is 5. The molecule has 33 heavy (non-hydrogen) atoms. The number of carbonyl (C=O) groups excluding carboxylic acids is 1. The van der Waals surface area contributed by atoms with Gasteiger partial charge >= 0.3 is 6.09 Å². The van der Waals surface area contributed by atoms with E-state index >= 15 is 0 Å². The fraction of sp³-hybridized carbons (Fsp3) is 0.520. The maximum Gasteiger partial charge on any atom is 0.413 e. The van der Waals surface area contributed by atoms with Crippen molar-refractivity contribution in [1.29, 1.82) is 5.26 Å². The SMILES string of the molecule is COC(=O)N(CC1CCCC(Cn2cnc3ccc(C#N)cc32)C1)C1=CN=C(OC)CC1C. The van der Waals surface area contributed by atoms with Crippen molar-refractivity contribution in [2.75, 3.05) is 20.8 Å². The van der Waals surface area contributed by atoms with Crippen LogP contribution in [0.4, 0.5) is 4.79 Å². The van der Waals surface area contributed by atoms with E-state index in [4.69, 9.17) is 9.47 Å². The average molecular weight is 450 g/mol. The second-order valence-corrected chi connectivity index (χ2v) is 9.08. The summed E-state index contributed by atoms with van der Waals surface area (Å²) in [4.78, 5) is 23.3. The van der Waals surface area contributed by atoms with Gasteiger partial charge in [-0.3, -0.25) is 4.90 Å². The van der Waals surface area contributed by atoms with Gasteiger partial charge < -0.3 is 14.0 Å². The summed E-state index contributed by atoms with van der Waals surface area (Å²) >= 11 is 0. The minimum absolute atomic E-state index is 0.127. The molecule has 2 aromatic rings. The number of methoxy groups -OCH3 is 2. The molecule has 1 aromatic carbocycles. The molecular weight excluding hydrogens is 418 g/mol. The fourth-order valence-electron chi connectivity index (χ4n) is 5.09. The van der Waals surface area contributed by atoms with Gasteiger partial charge in [0.1, 0.15) is 0 Å². The van der Waals surface area contributed by atoms with Gasteiger partial charge in [-0.25, -0.2) is 14.8 Å². The summed E-state index contributed by atoms with van der Waals surface area (Å²) in [6, 6.07) is 7.83. The lowest BCUT2D eigenvalue weighted by atomic mass is 9.81. The minimum Gasteiger partial charge on any atom is -0.484 e. The summed E-state index contributed by atoms with van der Waals surface area (Å²) in [7, 11) is 3.05. The monoisotopic (exact) mass is 449 g/mol. The molecule has 8 heteroatoms. The van der Waals surface area contributed by atoms with E-state index in [1.807, 2.05) is 18.5 Å². The van der Waals surface area contributed by atoms with E-state index in [2.05, 4.69) is 27.5 Å². The predicted octanol–water partition coefficient (Wildman–Crippen LogP) is 4.71. The van der Waals surface area contributed by atoms with Crippen LogP contribution in [-0.4, -0.2) is 47.2 Å². The molecule has 8 nitrogen and oxygen atoms in total. The molecule has 3 unspecified atom stereocenters. The van der Waals surface area contributed by atoms with E-state index in [0.717, 1.165) is 49.0 Å². The lowest BCUT2D eigenvalue weighted by molar-refractivity contribution is 0.115. The van der Waals surface area contributed by atoms with Crippen LogP contribution in [0.3, 0.4) is 0 Å². The molecule has 3 atom stereocenters. The number of fused-ring (bicyclic) bond motifs is 1. The fourth-order valence-corrected chi connectivity index (χ4v) is 5.09. The first-order valence-corrected chi connectivity index (χ1v) is 11.5. The van der Waals surface area contributed by atoms with Gasteiger partial charge in [0.25, 0.3) is 0 Å². The first-order chi connectivity index (χ1) is 16.0. The Kier molecular flexibility index (Phi) is 6.97. The molecular formula is C25H31N5O3. The highest BCUT2D eigenvalue weighted by Crippen LogP contribution is 2.34. The molecule has 0 N–H and O–H groups in total. The number of carbonyl (C=O) groups is 1. The molecule has 1 fully saturated rings. The van der Waals surface area contributed by atoms with Crippen molar-refractivity contribution in [3.8, 4) is 6.07 Å². The highest BCUT2D eigenvalue weighted by atomic mass is 16.5. The van der Waals surface area contributed by atoms with Crippen LogP contribution < -0.4 is 0 Å². The summed E-state index contributed by atoms with van der Waals surface area (Å²) < 4.78 is 12.6. The smallest absolute Gasteiger partial charge is 0.413 e. The van der Waals surface area contributed by atoms with Gasteiger partial charge in [0.15, 0.2) is 5.90 Å². The zero-order chi connectivity index (χ0) is 23.4. The molecule has 1 aliphatic heterocycles. The number of nitriles is 1. The Hall–Kier alpha value is -3.34. The van der Waals surface area contributed by atoms with Crippen LogP contribution in [0.5, 0.6) is 0 Å². The predicted molar refractivity (Wildman–Crippen MR) is 125 cm³/mol. The Morgan fingerprint density at radius 3 is 2.85 bits per heavy atom. The van der Waals surface area contributed by atoms with Crippen LogP contribution in [0.15, 0.2) is 41.4 Å². The first kappa shape index (κ1) is 22.8. The number of imidazole rings is 1. The Balaban J connectivity index is 1.47. The van der Waals surface area contributed by atoms with Crippen LogP contribution in [0.25, 0.3) is 11.0 Å². The van der Waals surface area contributed by atoms with Crippen molar-refractivity contribution in [1.82, 2.24) is 14.5 Å². The third-order valence-corrected chi connectivity index (χ3v) is 6.81. The number of hydrogen-bond donors (Lipinski definition) is 0. The van der Waals surface area contributed by atoms with Crippen LogP contribution in [0, 0.1) is 29.1 Å². The van der Waals surface area contributed by atoms with E-state index in [1.165, 1.54) is 7.11 Å². The van der Waals surface area contributed by atoms with Gasteiger partial charge in [-0.05, 0) is 49.3 Å². The first-order valence-electron chi connectivity index (χ1n) is 11.5. The molecule has 0 spiro atoms. The van der Waals surface area contributed by atoms with Crippen LogP contribution in [0.2, 0.25) is 0 Å². The van der Waals surface area contributed by atoms with Crippen LogP contribution in [-0.2, 0) is 16.0 Å². The van der Waals surface area contributed by atoms with Gasteiger partial charge in [0, 0.05) is 31.1 Å². The number of aromatic nitrogens is 2. The number of hydrogen-bond acceptors (Lipinski definition) is 6. The second kappa shape index (κ2) is 10.1. The molecule has 0 radical (unpaired) electrons. The van der Waals surface area contributed by atoms with E-state index in [0.29, 0.717) is 36.3 Å². The molecule has 1 aliphatic carbocycles. The lowest BCUT2D eigenvalue weighted by Gasteiger charge is -2.35. The van der Waals surface area contributed by atoms with E-state index in [1.54, 1.807) is 24.3 Å². The standard InChI is InChI=1S/C25H31N5O3/c1-17-9-24(32-2)27-13-23(17)30(25(31)33-3)15-20-6-4-5-19(10-20)14-29-16-28-21-8-7-18(12-26)11-22(21)29/h7-8,11,13,16-17,19-20H,4-6,9-10,14-15H2,1-3H3. The topological polar surface area (TPSA) is 92.7 Å². The van der Waals surface area contributed by atoms with Crippen LogP contribution >= 0.6 is 0 Å². The molecule has 174 valence electrons. The number of benzene rings is 1. The highest BCUT2D eigenvalue weighted by Gasteiger charge is 2.31. The number of aliphatic imine (C=N–C) groups is 1. The molecule has 1 amide bonds. The van der Waals surface area contributed by atoms with Crippen molar-refractivity contribution in [3.05, 3.63) is 42.0 Å². The van der Waals surface area contributed by atoms with Crippen molar-refractivity contribution < 1.29 is 14.3 Å². The number of ether oxygens (including phenoxy) is 2. The van der Waals surface area contributed by atoms with E-state index in [9.17, 15) is 10.1 Å². The Bertz CT molecular complexity index is 1110. The Morgan fingerprint density at radius 2 is 2.12 bits per heavy atom. The van der Waals surface area contributed by atoms with E-state index < -0.39 is 0 Å². The zero-order valence-electron chi connectivity index (χ0n) is 19.5. The summed E-state index contributed by atoms with van der Waals surface area (Å²) in [5.41, 5.74) is 3.44. The summed E-state index contributed by atoms with van der Waals surface area (Å²) in [6.07, 6.45) is 8.33. The van der Waals surface area contributed by atoms with Crippen LogP contribution in [0.1, 0.15) is 44.6 Å². The van der Waals surface area contributed by atoms with Gasteiger partial charge in [0.2, 0.25) is 0 Å². The molecule has 2 aliphatic rings. The Morgan fingerprint density at radius 1 is 1.30 bits per heavy atom. The maximum absolute atomic E-state index is 12.7. The Labute approximate surface area is 194 Å². The van der Waals surface area contributed by atoms with Crippen molar-refractivity contribution >= 4 is 23.0 Å². The molecule has 2 heterocycles. The molecule has 0 bridgehead atoms. The number of amides is 1. The number of nitrogens with zero attached hydrogens (tertiary/aromatic N) is 5. The maximum atomic E-state index is 12.7. The zero-order valence-corrected chi connectivity index (χ0v) is 19.5. The molecule has 1 saturated carbocycles. The van der Waals surface area contributed by atoms with Crippen molar-refractivity contribution in [3.63, 3.8) is 0 Å². The largest absolute Gasteiger partial charge is 0.484 e. The summed E-state index contributed by atoms with van der Waals surface area (Å²) in [5.74, 6) is 1.68. The van der Waals surface area contributed by atoms with E-state index in [-0.39, 0.29) is 12.0 Å². The third-order valence-electron chi connectivity index (χ3n) is 6.81. The summed E-state index contributed by atoms with van der Waals surface area (Å²) in [5, 5.41) is 9.24. The molecule has 1 aromatic heterocycles. The van der Waals surface area contributed by atoms with Gasteiger partial charge in [-0.15, -0.1) is 0 Å². The molecule has 0 saturated heterocycles. The minimum atomic E-state index is -0.337. The second-order valence-electron chi connectivity index (χ2n) is 9.08. The van der Waals surface area contributed by atoms with Crippen molar-refractivity contribution in [2.24, 2.45) is 22.7 Å². The normalized spacial score (nSPS) is 22.8.